The third-order valence-electron chi connectivity index (χ3n) is 5.72. The lowest BCUT2D eigenvalue weighted by atomic mass is 10.0. The van der Waals surface area contributed by atoms with Gasteiger partial charge in [-0.15, -0.1) is 0 Å². The van der Waals surface area contributed by atoms with Gasteiger partial charge in [-0.1, -0.05) is 13.8 Å². The van der Waals surface area contributed by atoms with E-state index < -0.39 is 47.9 Å². The van der Waals surface area contributed by atoms with E-state index in [0.29, 0.717) is 44.5 Å². The lowest BCUT2D eigenvalue weighted by Gasteiger charge is -2.27. The van der Waals surface area contributed by atoms with Crippen LogP contribution < -0.4 is 38.9 Å². The van der Waals surface area contributed by atoms with Crippen molar-refractivity contribution in [3.8, 4) is 0 Å². The minimum atomic E-state index is -1.24. The maximum Gasteiger partial charge on any atom is 0.326 e. The Hall–Kier alpha value is -3.72. The zero-order valence-corrected chi connectivity index (χ0v) is 22.0. The average molecular weight is 539 g/mol. The molecule has 15 heteroatoms. The molecule has 15 nitrogen and oxygen atoms in total. The molecular weight excluding hydrogens is 496 g/mol. The molecule has 0 aliphatic heterocycles. The Morgan fingerprint density at radius 3 is 2.24 bits per heavy atom. The van der Waals surface area contributed by atoms with Crippen LogP contribution in [0.4, 0.5) is 0 Å². The normalized spacial score (nSPS) is 14.1. The van der Waals surface area contributed by atoms with Gasteiger partial charge in [0.05, 0.1) is 12.4 Å². The molecule has 0 saturated heterocycles. The summed E-state index contributed by atoms with van der Waals surface area (Å²) in [6.07, 6.45) is 5.08. The Morgan fingerprint density at radius 2 is 1.68 bits per heavy atom. The summed E-state index contributed by atoms with van der Waals surface area (Å²) in [5.74, 6) is -3.44. The third-order valence-corrected chi connectivity index (χ3v) is 5.72. The molecule has 0 bridgehead atoms. The van der Waals surface area contributed by atoms with Crippen molar-refractivity contribution in [2.75, 3.05) is 13.1 Å². The molecule has 0 saturated carbocycles. The number of imidazole rings is 1. The highest BCUT2D eigenvalue weighted by Gasteiger charge is 2.32. The van der Waals surface area contributed by atoms with Gasteiger partial charge in [-0.2, -0.15) is 0 Å². The molecule has 0 aromatic carbocycles. The van der Waals surface area contributed by atoms with E-state index in [1.54, 1.807) is 13.8 Å². The van der Waals surface area contributed by atoms with Crippen LogP contribution in [-0.4, -0.2) is 82.0 Å². The van der Waals surface area contributed by atoms with Crippen LogP contribution >= 0.6 is 0 Å². The Labute approximate surface area is 222 Å². The third kappa shape index (κ3) is 12.0. The molecule has 4 unspecified atom stereocenters. The van der Waals surface area contributed by atoms with Gasteiger partial charge in [0.1, 0.15) is 18.1 Å². The molecule has 0 aliphatic carbocycles. The molecular formula is C23H42N10O5. The Morgan fingerprint density at radius 1 is 1.00 bits per heavy atom. The van der Waals surface area contributed by atoms with E-state index in [0.717, 1.165) is 0 Å². The molecule has 0 fully saturated rings. The number of amides is 3. The maximum absolute atomic E-state index is 13.2. The average Bonchev–Trinajstić information content (AvgIpc) is 3.36. The second-order valence-corrected chi connectivity index (χ2v) is 9.31. The van der Waals surface area contributed by atoms with Gasteiger partial charge in [0, 0.05) is 24.9 Å². The summed E-state index contributed by atoms with van der Waals surface area (Å²) >= 11 is 0. The molecule has 1 heterocycles. The summed E-state index contributed by atoms with van der Waals surface area (Å²) < 4.78 is 0. The van der Waals surface area contributed by atoms with Gasteiger partial charge in [-0.05, 0) is 44.6 Å². The van der Waals surface area contributed by atoms with E-state index in [2.05, 4.69) is 30.9 Å². The number of aromatic amines is 1. The second-order valence-electron chi connectivity index (χ2n) is 9.31. The van der Waals surface area contributed by atoms with Gasteiger partial charge in [0.15, 0.2) is 5.96 Å². The van der Waals surface area contributed by atoms with Gasteiger partial charge < -0.3 is 49.0 Å². The minimum Gasteiger partial charge on any atom is -0.480 e. The highest BCUT2D eigenvalue weighted by atomic mass is 16.4. The fourth-order valence-corrected chi connectivity index (χ4v) is 3.56. The lowest BCUT2D eigenvalue weighted by Crippen LogP contribution is -2.58. The van der Waals surface area contributed by atoms with Gasteiger partial charge in [0.25, 0.3) is 0 Å². The first-order valence-electron chi connectivity index (χ1n) is 12.6. The number of aromatic nitrogens is 2. The summed E-state index contributed by atoms with van der Waals surface area (Å²) in [6.45, 7) is 4.15. The topological polar surface area (TPSA) is 270 Å². The van der Waals surface area contributed by atoms with E-state index >= 15 is 0 Å². The van der Waals surface area contributed by atoms with Crippen LogP contribution in [0.3, 0.4) is 0 Å². The first-order chi connectivity index (χ1) is 18.0. The van der Waals surface area contributed by atoms with Crippen molar-refractivity contribution in [2.45, 2.75) is 76.5 Å². The van der Waals surface area contributed by atoms with E-state index in [4.69, 9.17) is 22.9 Å². The number of nitrogens with two attached hydrogens (primary N) is 4. The fraction of sp³-hybridized carbons (Fsp3) is 0.652. The number of carbonyl (C=O) groups excluding carboxylic acids is 3. The van der Waals surface area contributed by atoms with Crippen LogP contribution in [0, 0.1) is 5.92 Å². The first kappa shape index (κ1) is 32.3. The van der Waals surface area contributed by atoms with Crippen LogP contribution in [-0.2, 0) is 25.6 Å². The summed E-state index contributed by atoms with van der Waals surface area (Å²) in [6, 6.07) is -4.14. The number of nitrogens with zero attached hydrogens (tertiary/aromatic N) is 2. The van der Waals surface area contributed by atoms with Gasteiger partial charge >= 0.3 is 5.97 Å². The molecule has 0 spiro atoms. The molecule has 13 N–H and O–H groups in total. The molecule has 0 aliphatic rings. The number of H-pyrrole nitrogens is 1. The Bertz CT molecular complexity index is 918. The number of carboxylic acids is 1. The monoisotopic (exact) mass is 538 g/mol. The number of carbonyl (C=O) groups is 4. The molecule has 3 amide bonds. The summed E-state index contributed by atoms with van der Waals surface area (Å²) in [5, 5.41) is 17.4. The number of guanidine groups is 1. The van der Waals surface area contributed by atoms with Crippen LogP contribution in [0.1, 0.15) is 51.6 Å². The second kappa shape index (κ2) is 16.9. The molecule has 1 aromatic heterocycles. The largest absolute Gasteiger partial charge is 0.480 e. The highest BCUT2D eigenvalue weighted by molar-refractivity contribution is 5.94. The van der Waals surface area contributed by atoms with E-state index in [-0.39, 0.29) is 24.7 Å². The zero-order chi connectivity index (χ0) is 28.7. The van der Waals surface area contributed by atoms with Crippen molar-refractivity contribution in [1.82, 2.24) is 25.9 Å². The van der Waals surface area contributed by atoms with Crippen molar-refractivity contribution >= 4 is 29.7 Å². The molecule has 1 rings (SSSR count). The van der Waals surface area contributed by atoms with Crippen molar-refractivity contribution in [1.29, 1.82) is 0 Å². The van der Waals surface area contributed by atoms with Crippen molar-refractivity contribution < 1.29 is 24.3 Å². The SMILES string of the molecule is CC(C)C(NC(=O)C(CCCCN)NC(=O)C(N)CCCN=C(N)N)C(=O)NC(Cc1cnc[nH]1)C(=O)O. The van der Waals surface area contributed by atoms with E-state index in [9.17, 15) is 24.3 Å². The quantitative estimate of drug-likeness (QED) is 0.0545. The number of aliphatic carboxylic acids is 1. The van der Waals surface area contributed by atoms with Crippen LogP contribution in [0.25, 0.3) is 0 Å². The smallest absolute Gasteiger partial charge is 0.326 e. The van der Waals surface area contributed by atoms with Crippen LogP contribution in [0.5, 0.6) is 0 Å². The first-order valence-corrected chi connectivity index (χ1v) is 12.6. The zero-order valence-electron chi connectivity index (χ0n) is 22.0. The van der Waals surface area contributed by atoms with Crippen molar-refractivity contribution in [3.05, 3.63) is 18.2 Å². The number of hydrogen-bond donors (Lipinski definition) is 9. The van der Waals surface area contributed by atoms with Gasteiger partial charge in [-0.25, -0.2) is 9.78 Å². The number of nitrogens with one attached hydrogen (secondary N) is 4. The van der Waals surface area contributed by atoms with Crippen LogP contribution in [0.15, 0.2) is 17.5 Å². The standard InChI is InChI=1S/C23H42N10O5/c1-13(2)18(21(36)32-17(22(37)38)10-14-11-28-12-30-14)33-20(35)16(7-3-4-8-24)31-19(34)15(25)6-5-9-29-23(26)27/h11-13,15-18H,3-10,24-25H2,1-2H3,(H,28,30)(H,31,34)(H,32,36)(H,33,35)(H,37,38)(H4,26,27,29). The molecule has 1 aromatic rings. The number of carboxylic acid groups (broad SMARTS) is 1. The lowest BCUT2D eigenvalue weighted by molar-refractivity contribution is -0.142. The number of unbranched alkanes of at least 4 members (excludes halogenated alkanes) is 1. The molecule has 0 radical (unpaired) electrons. The summed E-state index contributed by atoms with van der Waals surface area (Å²) in [4.78, 5) is 61.0. The molecule has 214 valence electrons. The van der Waals surface area contributed by atoms with Gasteiger partial charge in [-0.3, -0.25) is 19.4 Å². The Balaban J connectivity index is 2.87. The summed E-state index contributed by atoms with van der Waals surface area (Å²) in [5.41, 5.74) is 22.6. The predicted octanol–water partition coefficient (Wildman–Crippen LogP) is -2.34. The number of aliphatic imine (C=N–C) groups is 1. The van der Waals surface area contributed by atoms with E-state index in [1.165, 1.54) is 12.5 Å². The molecule has 38 heavy (non-hydrogen) atoms. The van der Waals surface area contributed by atoms with E-state index in [1.807, 2.05) is 0 Å². The Kier molecular flexibility index (Phi) is 14.4. The number of rotatable bonds is 18. The van der Waals surface area contributed by atoms with Gasteiger partial charge in [0.2, 0.25) is 17.7 Å². The predicted molar refractivity (Wildman–Crippen MR) is 141 cm³/mol. The number of hydrogen-bond acceptors (Lipinski definition) is 8. The highest BCUT2D eigenvalue weighted by Crippen LogP contribution is 2.08. The minimum absolute atomic E-state index is 0.0152. The summed E-state index contributed by atoms with van der Waals surface area (Å²) in [7, 11) is 0. The van der Waals surface area contributed by atoms with Crippen molar-refractivity contribution in [3.63, 3.8) is 0 Å². The maximum atomic E-state index is 13.2. The fourth-order valence-electron chi connectivity index (χ4n) is 3.56. The van der Waals surface area contributed by atoms with Crippen LogP contribution in [0.2, 0.25) is 0 Å². The molecule has 4 atom stereocenters. The van der Waals surface area contributed by atoms with Crippen molar-refractivity contribution in [2.24, 2.45) is 33.8 Å².